The molecule has 1 amide bonds. The van der Waals surface area contributed by atoms with Crippen LogP contribution in [0.5, 0.6) is 0 Å². The van der Waals surface area contributed by atoms with Crippen LogP contribution in [0.1, 0.15) is 0 Å². The van der Waals surface area contributed by atoms with E-state index in [-0.39, 0.29) is 6.54 Å². The molecule has 21 aliphatic heterocycles. The molecule has 21 aliphatic rings. The van der Waals surface area contributed by atoms with Gasteiger partial charge in [-0.2, -0.15) is 0 Å². The Labute approximate surface area is 469 Å². The van der Waals surface area contributed by atoms with Crippen molar-refractivity contribution in [1.82, 2.24) is 5.32 Å². The first-order chi connectivity index (χ1) is 39.5. The summed E-state index contributed by atoms with van der Waals surface area (Å²) in [6.07, 6.45) is -71.3. The van der Waals surface area contributed by atoms with Crippen molar-refractivity contribution in [3.05, 3.63) is 12.7 Å². The summed E-state index contributed by atoms with van der Waals surface area (Å²) >= 11 is 0. The molecule has 0 aliphatic carbocycles. The quantitative estimate of drug-likeness (QED) is 0.0903. The number of hydrogen-bond donors (Lipinski definition) is 21. The second kappa shape index (κ2) is 28.9. The third-order valence-corrected chi connectivity index (χ3v) is 15.4. The van der Waals surface area contributed by atoms with Gasteiger partial charge >= 0.3 is 6.09 Å². The largest absolute Gasteiger partial charge is 0.447 e. The van der Waals surface area contributed by atoms with Crippen molar-refractivity contribution < 1.29 is 178 Å². The molecule has 14 bridgehead atoms. The van der Waals surface area contributed by atoms with Crippen LogP contribution in [0.2, 0.25) is 0 Å². The number of aliphatic hydroxyl groups is 20. The third-order valence-electron chi connectivity index (χ3n) is 15.4. The molecule has 37 heteroatoms. The predicted octanol–water partition coefficient (Wildman–Crippen LogP) is -14.3. The number of rotatable bonds is 10. The van der Waals surface area contributed by atoms with Crippen molar-refractivity contribution in [3.8, 4) is 0 Å². The van der Waals surface area contributed by atoms with Gasteiger partial charge in [-0.25, -0.2) is 4.79 Å². The summed E-state index contributed by atoms with van der Waals surface area (Å²) in [5.41, 5.74) is 0. The Kier molecular flexibility index (Phi) is 23.2. The number of hydrogen-bond acceptors (Lipinski definition) is 36. The van der Waals surface area contributed by atoms with Crippen LogP contribution in [-0.4, -0.2) is 376 Å². The summed E-state index contributed by atoms with van der Waals surface area (Å²) in [6.45, 7) is -3.94. The van der Waals surface area contributed by atoms with Crippen LogP contribution in [0.4, 0.5) is 4.79 Å². The van der Waals surface area contributed by atoms with Gasteiger partial charge in [0.2, 0.25) is 0 Å². The fourth-order valence-corrected chi connectivity index (χ4v) is 10.8. The molecular formula is C46H75NO36. The Morgan fingerprint density at radius 2 is 0.494 bits per heavy atom. The molecule has 0 aromatic heterocycles. The van der Waals surface area contributed by atoms with Crippen LogP contribution < -0.4 is 5.32 Å². The van der Waals surface area contributed by atoms with Gasteiger partial charge in [0.1, 0.15) is 178 Å². The maximum atomic E-state index is 12.6. The Bertz CT molecular complexity index is 2030. The first kappa shape index (κ1) is 66.6. The van der Waals surface area contributed by atoms with Gasteiger partial charge in [0.25, 0.3) is 0 Å². The van der Waals surface area contributed by atoms with Crippen LogP contribution in [0.25, 0.3) is 0 Å². The summed E-state index contributed by atoms with van der Waals surface area (Å²) in [5, 5.41) is 224. The van der Waals surface area contributed by atoms with Crippen molar-refractivity contribution in [2.75, 3.05) is 52.8 Å². The number of alkyl carbamates (subject to hydrolysis) is 1. The van der Waals surface area contributed by atoms with E-state index in [9.17, 15) is 107 Å². The monoisotopic (exact) mass is 1220 g/mol. The van der Waals surface area contributed by atoms with E-state index >= 15 is 0 Å². The van der Waals surface area contributed by atoms with Gasteiger partial charge in [-0.3, -0.25) is 0 Å². The number of amides is 1. The molecule has 21 heterocycles. The highest BCUT2D eigenvalue weighted by atomic mass is 16.8. The average molecular weight is 1220 g/mol. The molecule has 35 atom stereocenters. The van der Waals surface area contributed by atoms with E-state index in [0.29, 0.717) is 0 Å². The van der Waals surface area contributed by atoms with E-state index < -0.39 is 267 Å². The minimum atomic E-state index is -2.27. The molecule has 0 unspecified atom stereocenters. The molecule has 21 fully saturated rings. The zero-order chi connectivity index (χ0) is 60.5. The molecule has 0 radical (unpaired) electrons. The molecule has 480 valence electrons. The van der Waals surface area contributed by atoms with Gasteiger partial charge in [-0.15, -0.1) is 6.58 Å². The summed E-state index contributed by atoms with van der Waals surface area (Å²) in [5.74, 6) is 0. The van der Waals surface area contributed by atoms with E-state index in [4.69, 9.17) is 71.1 Å². The van der Waals surface area contributed by atoms with Crippen LogP contribution in [0.15, 0.2) is 12.7 Å². The highest BCUT2D eigenvalue weighted by Gasteiger charge is 2.59. The number of nitrogens with one attached hydrogen (secondary N) is 1. The molecular weight excluding hydrogens is 1140 g/mol. The van der Waals surface area contributed by atoms with Crippen molar-refractivity contribution in [3.63, 3.8) is 0 Å². The Morgan fingerprint density at radius 1 is 0.313 bits per heavy atom. The van der Waals surface area contributed by atoms with Crippen molar-refractivity contribution in [1.29, 1.82) is 0 Å². The topological polar surface area (TPSA) is 572 Å². The lowest BCUT2D eigenvalue weighted by molar-refractivity contribution is -0.396. The number of carbonyl (C=O) groups excluding carboxylic acids is 1. The van der Waals surface area contributed by atoms with Crippen LogP contribution in [0.3, 0.4) is 0 Å². The maximum absolute atomic E-state index is 12.6. The fourth-order valence-electron chi connectivity index (χ4n) is 10.8. The number of ether oxygens (including phenoxy) is 15. The summed E-state index contributed by atoms with van der Waals surface area (Å²) in [4.78, 5) is 12.6. The summed E-state index contributed by atoms with van der Waals surface area (Å²) < 4.78 is 85.5. The number of aliphatic hydroxyl groups excluding tert-OH is 20. The first-order valence-electron chi connectivity index (χ1n) is 26.4. The average Bonchev–Trinajstić information content (AvgIpc) is 3.50. The lowest BCUT2D eigenvalue weighted by atomic mass is 9.95. The standard InChI is InChI=1S/C46H75NO36/c1-2-3-47-46(68)69-10-17-38-24(60)31(67)45(76-17)82-37-16(9-53)74-43(29(65)22(37)58)80-35-14(7-51)72-41(27(63)20(35)56)78-33-12(5-49)70-39(25(61)18(33)54)77-32-11(4-48)71-40(26(62)19(32)55)79-34-13(6-50)73-42(28(64)21(34)57)81-36-15(8-52)75-44(83-38)30(66)23(36)59/h2,11-45,48-67H,1,3-10H2,(H,47,68)/t11-,12-,13-,14-,15-,16-,17-,18-,19-,20-,21-,22-,23-,24-,25-,26-,27-,28-,29-,30-,31-,32-,33-,34-,35-,36-,37-,38-,39-,40-,41-,42-,43-,44-,45-/m1/s1. The van der Waals surface area contributed by atoms with E-state index in [1.807, 2.05) is 0 Å². The molecule has 83 heavy (non-hydrogen) atoms. The summed E-state index contributed by atoms with van der Waals surface area (Å²) in [7, 11) is 0. The van der Waals surface area contributed by atoms with Gasteiger partial charge in [-0.1, -0.05) is 6.08 Å². The smallest absolute Gasteiger partial charge is 0.407 e. The van der Waals surface area contributed by atoms with E-state index in [2.05, 4.69) is 11.9 Å². The van der Waals surface area contributed by atoms with Gasteiger partial charge in [0.05, 0.1) is 39.6 Å². The number of carbonyl (C=O) groups is 1. The van der Waals surface area contributed by atoms with Gasteiger partial charge in [-0.05, 0) is 0 Å². The normalized spacial score (nSPS) is 52.0. The Hall–Kier alpha value is -2.35. The lowest BCUT2D eigenvalue weighted by Gasteiger charge is -2.50. The molecule has 0 aromatic carbocycles. The van der Waals surface area contributed by atoms with E-state index in [0.717, 1.165) is 0 Å². The van der Waals surface area contributed by atoms with Crippen molar-refractivity contribution in [2.24, 2.45) is 0 Å². The summed E-state index contributed by atoms with van der Waals surface area (Å²) in [6, 6.07) is 0. The zero-order valence-electron chi connectivity index (χ0n) is 43.6. The molecule has 0 aromatic rings. The Balaban J connectivity index is 1.10. The van der Waals surface area contributed by atoms with Gasteiger partial charge in [0, 0.05) is 6.54 Å². The second-order valence-electron chi connectivity index (χ2n) is 20.7. The minimum Gasteiger partial charge on any atom is -0.447 e. The first-order valence-corrected chi connectivity index (χ1v) is 26.4. The predicted molar refractivity (Wildman–Crippen MR) is 251 cm³/mol. The Morgan fingerprint density at radius 3 is 0.675 bits per heavy atom. The van der Waals surface area contributed by atoms with Crippen molar-refractivity contribution in [2.45, 2.75) is 215 Å². The minimum absolute atomic E-state index is 0.107. The maximum Gasteiger partial charge on any atom is 0.407 e. The fraction of sp³-hybridized carbons (Fsp3) is 0.935. The molecule has 21 rings (SSSR count). The van der Waals surface area contributed by atoms with E-state index in [1.54, 1.807) is 0 Å². The van der Waals surface area contributed by atoms with E-state index in [1.165, 1.54) is 6.08 Å². The second-order valence-corrected chi connectivity index (χ2v) is 20.7. The van der Waals surface area contributed by atoms with Crippen molar-refractivity contribution >= 4 is 6.09 Å². The van der Waals surface area contributed by atoms with Gasteiger partial charge in [0.15, 0.2) is 44.0 Å². The third kappa shape index (κ3) is 13.8. The molecule has 0 spiro atoms. The van der Waals surface area contributed by atoms with Gasteiger partial charge < -0.3 is 179 Å². The molecule has 0 saturated carbocycles. The zero-order valence-corrected chi connectivity index (χ0v) is 43.6. The molecule has 21 saturated heterocycles. The molecule has 21 N–H and O–H groups in total. The van der Waals surface area contributed by atoms with Crippen LogP contribution >= 0.6 is 0 Å². The molecule has 37 nitrogen and oxygen atoms in total. The highest BCUT2D eigenvalue weighted by molar-refractivity contribution is 5.67. The highest BCUT2D eigenvalue weighted by Crippen LogP contribution is 2.39. The SMILES string of the molecule is C=CCNC(=O)OC[C@H]1O[C@@H]2O[C@H]3[C@H](O)[C@@H](O)[C@@H](O[C@H]4[C@H](O)[C@@H](O)[C@@H](O[C@H]5[C@H](O)[C@@H](O)[C@@H](O[C@H]6[C@H](O)[C@@H](O)[C@@H](O[C@H]7[C@H](O)[C@@H](O)[C@@H](O[C@H]8[C@H](O)[C@@H](O)[C@@H](O[C@H]1[C@H](O)[C@H]2O)O[C@@H]8CO)O[C@@H]7CO)O[C@@H]6CO)O[C@@H]5CO)O[C@@H]4CO)O[C@@H]3CO. The van der Waals surface area contributed by atoms with Crippen LogP contribution in [0, 0.1) is 0 Å². The van der Waals surface area contributed by atoms with Crippen LogP contribution in [-0.2, 0) is 71.1 Å². The lowest BCUT2D eigenvalue weighted by Crippen LogP contribution is -2.68.